The Morgan fingerprint density at radius 3 is 2.17 bits per heavy atom. The minimum Gasteiger partial charge on any atom is -0.289 e. The van der Waals surface area contributed by atoms with E-state index in [2.05, 4.69) is 0 Å². The molecular formula is C21H24FN3O4S. The van der Waals surface area contributed by atoms with Gasteiger partial charge in [-0.2, -0.15) is 4.31 Å². The molecule has 2 aromatic carbocycles. The Morgan fingerprint density at radius 1 is 1.03 bits per heavy atom. The number of carbonyl (C=O) groups is 1. The molecule has 0 bridgehead atoms. The first-order chi connectivity index (χ1) is 14.4. The van der Waals surface area contributed by atoms with E-state index in [1.54, 1.807) is 65.0 Å². The Hall–Kier alpha value is -2.59. The molecule has 1 aliphatic heterocycles. The zero-order chi connectivity index (χ0) is 21.6. The number of rotatable bonds is 7. The van der Waals surface area contributed by atoms with Crippen molar-refractivity contribution < 1.29 is 22.8 Å². The zero-order valence-corrected chi connectivity index (χ0v) is 17.1. The Labute approximate surface area is 175 Å². The Morgan fingerprint density at radius 2 is 1.60 bits per heavy atom. The Bertz CT molecular complexity index is 976. The lowest BCUT2D eigenvalue weighted by atomic mass is 10.0. The normalized spacial score (nSPS) is 17.5. The van der Waals surface area contributed by atoms with Gasteiger partial charge in [-0.05, 0) is 17.2 Å². The second-order valence-corrected chi connectivity index (χ2v) is 8.95. The van der Waals surface area contributed by atoms with E-state index in [4.69, 9.17) is 5.21 Å². The molecule has 2 N–H and O–H groups in total. The molecule has 1 unspecified atom stereocenters. The first-order valence-corrected chi connectivity index (χ1v) is 11.1. The predicted molar refractivity (Wildman–Crippen MR) is 112 cm³/mol. The topological polar surface area (TPSA) is 89.9 Å². The second kappa shape index (κ2) is 9.94. The standard InChI is InChI=1S/C21H24FN3O4S/c22-19(15-17-7-3-1-4-8-17)16-30(28,29)25-13-11-24(12-14-25)20(21(26)23-27)18-9-5-2-6-10-18/h1-10,15,20,27H,11-14,16H2,(H,23,26). The van der Waals surface area contributed by atoms with Crippen molar-refractivity contribution in [2.24, 2.45) is 0 Å². The van der Waals surface area contributed by atoms with E-state index in [-0.39, 0.29) is 26.2 Å². The van der Waals surface area contributed by atoms with E-state index >= 15 is 0 Å². The molecule has 1 amide bonds. The molecule has 0 radical (unpaired) electrons. The number of hydrogen-bond donors (Lipinski definition) is 2. The van der Waals surface area contributed by atoms with E-state index in [1.165, 1.54) is 10.4 Å². The van der Waals surface area contributed by atoms with Crippen LogP contribution in [0.2, 0.25) is 0 Å². The predicted octanol–water partition coefficient (Wildman–Crippen LogP) is 2.19. The zero-order valence-electron chi connectivity index (χ0n) is 16.3. The van der Waals surface area contributed by atoms with E-state index in [1.807, 2.05) is 6.07 Å². The maximum absolute atomic E-state index is 14.3. The van der Waals surface area contributed by atoms with E-state index in [9.17, 15) is 17.6 Å². The van der Waals surface area contributed by atoms with Gasteiger partial charge in [0.1, 0.15) is 17.6 Å². The van der Waals surface area contributed by atoms with Gasteiger partial charge in [0.05, 0.1) is 0 Å². The maximum Gasteiger partial charge on any atom is 0.265 e. The van der Waals surface area contributed by atoms with Gasteiger partial charge in [0.15, 0.2) is 0 Å². The maximum atomic E-state index is 14.3. The molecule has 30 heavy (non-hydrogen) atoms. The van der Waals surface area contributed by atoms with E-state index in [0.717, 1.165) is 0 Å². The van der Waals surface area contributed by atoms with Crippen molar-refractivity contribution in [2.75, 3.05) is 31.9 Å². The van der Waals surface area contributed by atoms with Crippen LogP contribution >= 0.6 is 0 Å². The van der Waals surface area contributed by atoms with E-state index < -0.39 is 33.6 Å². The van der Waals surface area contributed by atoms with Crippen molar-refractivity contribution >= 4 is 22.0 Å². The van der Waals surface area contributed by atoms with Crippen molar-refractivity contribution in [1.29, 1.82) is 0 Å². The van der Waals surface area contributed by atoms with Crippen molar-refractivity contribution in [3.63, 3.8) is 0 Å². The van der Waals surface area contributed by atoms with Crippen molar-refractivity contribution in [3.05, 3.63) is 77.6 Å². The summed E-state index contributed by atoms with van der Waals surface area (Å²) in [6.45, 7) is 0.804. The molecular weight excluding hydrogens is 409 g/mol. The van der Waals surface area contributed by atoms with Crippen LogP contribution in [0.15, 0.2) is 66.5 Å². The van der Waals surface area contributed by atoms with Gasteiger partial charge in [-0.25, -0.2) is 18.3 Å². The fourth-order valence-electron chi connectivity index (χ4n) is 3.50. The van der Waals surface area contributed by atoms with Crippen LogP contribution < -0.4 is 5.48 Å². The molecule has 9 heteroatoms. The summed E-state index contributed by atoms with van der Waals surface area (Å²) >= 11 is 0. The molecule has 3 rings (SSSR count). The summed E-state index contributed by atoms with van der Waals surface area (Å²) in [7, 11) is -3.83. The highest BCUT2D eigenvalue weighted by atomic mass is 32.2. The number of nitrogens with zero attached hydrogens (tertiary/aromatic N) is 2. The van der Waals surface area contributed by atoms with Gasteiger partial charge in [-0.3, -0.25) is 14.9 Å². The summed E-state index contributed by atoms with van der Waals surface area (Å²) in [5, 5.41) is 9.12. The summed E-state index contributed by atoms with van der Waals surface area (Å²) in [4.78, 5) is 14.0. The highest BCUT2D eigenvalue weighted by molar-refractivity contribution is 7.89. The molecule has 1 atom stereocenters. The van der Waals surface area contributed by atoms with Crippen molar-refractivity contribution in [3.8, 4) is 0 Å². The first-order valence-electron chi connectivity index (χ1n) is 9.52. The minimum atomic E-state index is -3.83. The Balaban J connectivity index is 1.66. The molecule has 1 heterocycles. The fraction of sp³-hybridized carbons (Fsp3) is 0.286. The lowest BCUT2D eigenvalue weighted by molar-refractivity contribution is -0.135. The number of piperazine rings is 1. The molecule has 1 aliphatic rings. The number of halogens is 1. The lowest BCUT2D eigenvalue weighted by Gasteiger charge is -2.37. The van der Waals surface area contributed by atoms with Crippen LogP contribution in [0.5, 0.6) is 0 Å². The molecule has 1 fully saturated rings. The number of nitrogens with one attached hydrogen (secondary N) is 1. The average molecular weight is 434 g/mol. The second-order valence-electron chi connectivity index (χ2n) is 6.98. The molecule has 0 aliphatic carbocycles. The first kappa shape index (κ1) is 22.1. The van der Waals surface area contributed by atoms with Crippen molar-refractivity contribution in [2.45, 2.75) is 6.04 Å². The number of sulfonamides is 1. The van der Waals surface area contributed by atoms with Crippen LogP contribution in [-0.4, -0.2) is 60.7 Å². The largest absolute Gasteiger partial charge is 0.289 e. The van der Waals surface area contributed by atoms with Crippen LogP contribution in [0.3, 0.4) is 0 Å². The average Bonchev–Trinajstić information content (AvgIpc) is 2.75. The Kier molecular flexibility index (Phi) is 7.33. The highest BCUT2D eigenvalue weighted by Crippen LogP contribution is 2.24. The molecule has 0 aromatic heterocycles. The quantitative estimate of drug-likeness (QED) is 0.516. The number of hydrogen-bond acceptors (Lipinski definition) is 5. The summed E-state index contributed by atoms with van der Waals surface area (Å²) in [6.07, 6.45) is 1.21. The van der Waals surface area contributed by atoms with Gasteiger partial charge in [0, 0.05) is 26.2 Å². The third kappa shape index (κ3) is 5.51. The molecule has 2 aromatic rings. The van der Waals surface area contributed by atoms with Crippen LogP contribution in [0.1, 0.15) is 17.2 Å². The van der Waals surface area contributed by atoms with Gasteiger partial charge in [-0.15, -0.1) is 0 Å². The van der Waals surface area contributed by atoms with Crippen LogP contribution in [-0.2, 0) is 14.8 Å². The summed E-state index contributed by atoms with van der Waals surface area (Å²) in [5.41, 5.74) is 2.97. The summed E-state index contributed by atoms with van der Waals surface area (Å²) in [6, 6.07) is 16.9. The van der Waals surface area contributed by atoms with Gasteiger partial charge >= 0.3 is 0 Å². The van der Waals surface area contributed by atoms with Gasteiger partial charge in [-0.1, -0.05) is 60.7 Å². The van der Waals surface area contributed by atoms with Gasteiger partial charge in [0.25, 0.3) is 5.91 Å². The molecule has 0 saturated carbocycles. The third-order valence-electron chi connectivity index (χ3n) is 4.95. The minimum absolute atomic E-state index is 0.128. The van der Waals surface area contributed by atoms with Gasteiger partial charge < -0.3 is 0 Å². The molecule has 160 valence electrons. The number of carbonyl (C=O) groups excluding carboxylic acids is 1. The molecule has 7 nitrogen and oxygen atoms in total. The van der Waals surface area contributed by atoms with Crippen LogP contribution in [0.25, 0.3) is 6.08 Å². The summed E-state index contributed by atoms with van der Waals surface area (Å²) < 4.78 is 40.8. The van der Waals surface area contributed by atoms with Crippen molar-refractivity contribution in [1.82, 2.24) is 14.7 Å². The summed E-state index contributed by atoms with van der Waals surface area (Å²) in [5.74, 6) is -2.03. The molecule has 1 saturated heterocycles. The number of hydroxylamine groups is 1. The fourth-order valence-corrected chi connectivity index (χ4v) is 4.84. The monoisotopic (exact) mass is 433 g/mol. The number of amides is 1. The SMILES string of the molecule is O=C(NO)C(c1ccccc1)N1CCN(S(=O)(=O)CC(F)=Cc2ccccc2)CC1. The van der Waals surface area contributed by atoms with Crippen LogP contribution in [0, 0.1) is 0 Å². The third-order valence-corrected chi connectivity index (χ3v) is 6.74. The lowest BCUT2D eigenvalue weighted by Crippen LogP contribution is -2.52. The van der Waals surface area contributed by atoms with Crippen LogP contribution in [0.4, 0.5) is 4.39 Å². The highest BCUT2D eigenvalue weighted by Gasteiger charge is 2.34. The van der Waals surface area contributed by atoms with Gasteiger partial charge in [0.2, 0.25) is 10.0 Å². The van der Waals surface area contributed by atoms with E-state index in [0.29, 0.717) is 11.1 Å². The smallest absolute Gasteiger partial charge is 0.265 e. The number of benzene rings is 2. The molecule has 0 spiro atoms.